The SMILES string of the molecule is N#Cc1cc(F)c(Cl)cc1O. The van der Waals surface area contributed by atoms with Gasteiger partial charge in [-0.05, 0) is 6.07 Å². The van der Waals surface area contributed by atoms with Gasteiger partial charge >= 0.3 is 0 Å². The molecule has 0 fully saturated rings. The molecule has 1 N–H and O–H groups in total. The molecular weight excluding hydrogens is 169 g/mol. The van der Waals surface area contributed by atoms with Gasteiger partial charge < -0.3 is 5.11 Å². The van der Waals surface area contributed by atoms with Crippen LogP contribution in [0.25, 0.3) is 0 Å². The molecule has 56 valence electrons. The summed E-state index contributed by atoms with van der Waals surface area (Å²) >= 11 is 5.30. The van der Waals surface area contributed by atoms with E-state index in [-0.39, 0.29) is 16.3 Å². The average molecular weight is 172 g/mol. The van der Waals surface area contributed by atoms with Gasteiger partial charge in [-0.2, -0.15) is 5.26 Å². The van der Waals surface area contributed by atoms with Gasteiger partial charge in [0.25, 0.3) is 0 Å². The summed E-state index contributed by atoms with van der Waals surface area (Å²) in [6, 6.07) is 3.50. The lowest BCUT2D eigenvalue weighted by Gasteiger charge is -1.96. The van der Waals surface area contributed by atoms with Crippen LogP contribution in [-0.2, 0) is 0 Å². The van der Waals surface area contributed by atoms with Crippen molar-refractivity contribution in [2.24, 2.45) is 0 Å². The quantitative estimate of drug-likeness (QED) is 0.649. The molecular formula is C7H3ClFNO. The lowest BCUT2D eigenvalue weighted by Crippen LogP contribution is -1.81. The highest BCUT2D eigenvalue weighted by atomic mass is 35.5. The van der Waals surface area contributed by atoms with Crippen LogP contribution < -0.4 is 0 Å². The van der Waals surface area contributed by atoms with Crippen LogP contribution in [0.5, 0.6) is 5.75 Å². The Kier molecular flexibility index (Phi) is 1.97. The van der Waals surface area contributed by atoms with Gasteiger partial charge in [0.1, 0.15) is 17.6 Å². The van der Waals surface area contributed by atoms with Crippen LogP contribution in [-0.4, -0.2) is 5.11 Å². The molecule has 0 saturated carbocycles. The van der Waals surface area contributed by atoms with Crippen LogP contribution >= 0.6 is 11.6 Å². The third-order valence-corrected chi connectivity index (χ3v) is 1.45. The summed E-state index contributed by atoms with van der Waals surface area (Å²) in [6.07, 6.45) is 0. The fraction of sp³-hybridized carbons (Fsp3) is 0. The summed E-state index contributed by atoms with van der Waals surface area (Å²) in [7, 11) is 0. The van der Waals surface area contributed by atoms with Crippen LogP contribution in [0.3, 0.4) is 0 Å². The van der Waals surface area contributed by atoms with Crippen LogP contribution in [0.2, 0.25) is 5.02 Å². The molecule has 4 heteroatoms. The van der Waals surface area contributed by atoms with Gasteiger partial charge in [0.05, 0.1) is 10.6 Å². The molecule has 1 aromatic rings. The first-order valence-electron chi connectivity index (χ1n) is 2.73. The minimum Gasteiger partial charge on any atom is -0.507 e. The average Bonchev–Trinajstić information content (AvgIpc) is 1.97. The molecule has 0 saturated heterocycles. The Morgan fingerprint density at radius 3 is 2.73 bits per heavy atom. The van der Waals surface area contributed by atoms with E-state index >= 15 is 0 Å². The molecule has 1 aromatic carbocycles. The molecule has 1 rings (SSSR count). The van der Waals surface area contributed by atoms with Crippen molar-refractivity contribution in [3.8, 4) is 11.8 Å². The molecule has 0 amide bonds. The Labute approximate surface area is 67.5 Å². The third-order valence-electron chi connectivity index (χ3n) is 1.16. The lowest BCUT2D eigenvalue weighted by atomic mass is 10.2. The van der Waals surface area contributed by atoms with Crippen molar-refractivity contribution in [3.63, 3.8) is 0 Å². The molecule has 11 heavy (non-hydrogen) atoms. The zero-order chi connectivity index (χ0) is 8.43. The van der Waals surface area contributed by atoms with Crippen molar-refractivity contribution >= 4 is 11.6 Å². The van der Waals surface area contributed by atoms with Crippen molar-refractivity contribution in [2.45, 2.75) is 0 Å². The van der Waals surface area contributed by atoms with Gasteiger partial charge in [0, 0.05) is 6.07 Å². The van der Waals surface area contributed by atoms with E-state index in [2.05, 4.69) is 0 Å². The highest BCUT2D eigenvalue weighted by Gasteiger charge is 2.05. The van der Waals surface area contributed by atoms with Crippen molar-refractivity contribution in [2.75, 3.05) is 0 Å². The number of benzene rings is 1. The number of hydrogen-bond donors (Lipinski definition) is 1. The van der Waals surface area contributed by atoms with E-state index in [1.165, 1.54) is 0 Å². The zero-order valence-corrected chi connectivity index (χ0v) is 6.06. The van der Waals surface area contributed by atoms with E-state index in [1.807, 2.05) is 0 Å². The minimum atomic E-state index is -0.707. The summed E-state index contributed by atoms with van der Waals surface area (Å²) in [5.41, 5.74) is -0.119. The molecule has 0 aliphatic rings. The number of phenolic OH excluding ortho intramolecular Hbond substituents is 1. The predicted molar refractivity (Wildman–Crippen MR) is 37.8 cm³/mol. The molecule has 0 heterocycles. The molecule has 0 atom stereocenters. The number of rotatable bonds is 0. The normalized spacial score (nSPS) is 9.18. The Bertz CT molecular complexity index is 332. The van der Waals surface area contributed by atoms with E-state index in [1.54, 1.807) is 6.07 Å². The van der Waals surface area contributed by atoms with E-state index in [0.717, 1.165) is 12.1 Å². The van der Waals surface area contributed by atoms with Gasteiger partial charge in [0.15, 0.2) is 0 Å². The maximum absolute atomic E-state index is 12.6. The first-order chi connectivity index (χ1) is 5.15. The fourth-order valence-corrected chi connectivity index (χ4v) is 0.784. The summed E-state index contributed by atoms with van der Waals surface area (Å²) in [5.74, 6) is -1.01. The first kappa shape index (κ1) is 7.83. The molecule has 0 bridgehead atoms. The minimum absolute atomic E-state index is 0.119. The standard InChI is InChI=1S/C7H3ClFNO/c8-5-2-7(11)4(3-10)1-6(5)9/h1-2,11H. The Morgan fingerprint density at radius 2 is 2.18 bits per heavy atom. The zero-order valence-electron chi connectivity index (χ0n) is 5.31. The van der Waals surface area contributed by atoms with Crippen molar-refractivity contribution in [3.05, 3.63) is 28.5 Å². The number of aromatic hydroxyl groups is 1. The lowest BCUT2D eigenvalue weighted by molar-refractivity contribution is 0.471. The molecule has 0 spiro atoms. The molecule has 0 unspecified atom stereocenters. The number of phenols is 1. The Balaban J connectivity index is 3.35. The smallest absolute Gasteiger partial charge is 0.143 e. The molecule has 0 radical (unpaired) electrons. The highest BCUT2D eigenvalue weighted by Crippen LogP contribution is 2.24. The van der Waals surface area contributed by atoms with Crippen LogP contribution in [0.4, 0.5) is 4.39 Å². The fourth-order valence-electron chi connectivity index (χ4n) is 0.626. The highest BCUT2D eigenvalue weighted by molar-refractivity contribution is 6.30. The molecule has 0 aliphatic carbocycles. The summed E-state index contributed by atoms with van der Waals surface area (Å²) < 4.78 is 12.6. The monoisotopic (exact) mass is 171 g/mol. The van der Waals surface area contributed by atoms with Gasteiger partial charge in [-0.15, -0.1) is 0 Å². The van der Waals surface area contributed by atoms with E-state index in [0.29, 0.717) is 0 Å². The molecule has 2 nitrogen and oxygen atoms in total. The van der Waals surface area contributed by atoms with Gasteiger partial charge in [0.2, 0.25) is 0 Å². The van der Waals surface area contributed by atoms with Crippen molar-refractivity contribution in [1.82, 2.24) is 0 Å². The van der Waals surface area contributed by atoms with Crippen LogP contribution in [0, 0.1) is 17.1 Å². The van der Waals surface area contributed by atoms with Crippen LogP contribution in [0.15, 0.2) is 12.1 Å². The summed E-state index contributed by atoms with van der Waals surface area (Å²) in [6.45, 7) is 0. The predicted octanol–water partition coefficient (Wildman–Crippen LogP) is 2.06. The second kappa shape index (κ2) is 2.77. The largest absolute Gasteiger partial charge is 0.507 e. The second-order valence-corrected chi connectivity index (χ2v) is 2.30. The number of hydrogen-bond acceptors (Lipinski definition) is 2. The first-order valence-corrected chi connectivity index (χ1v) is 3.11. The third kappa shape index (κ3) is 1.41. The Hall–Kier alpha value is -1.27. The molecule has 0 aliphatic heterocycles. The maximum atomic E-state index is 12.6. The maximum Gasteiger partial charge on any atom is 0.143 e. The van der Waals surface area contributed by atoms with E-state index in [4.69, 9.17) is 22.0 Å². The summed E-state index contributed by atoms with van der Waals surface area (Å²) in [4.78, 5) is 0. The van der Waals surface area contributed by atoms with E-state index in [9.17, 15) is 4.39 Å². The Morgan fingerprint density at radius 1 is 1.55 bits per heavy atom. The van der Waals surface area contributed by atoms with Crippen LogP contribution in [0.1, 0.15) is 5.56 Å². The number of nitrogens with zero attached hydrogens (tertiary/aromatic N) is 1. The molecule has 0 aromatic heterocycles. The van der Waals surface area contributed by atoms with Crippen molar-refractivity contribution in [1.29, 1.82) is 5.26 Å². The number of halogens is 2. The second-order valence-electron chi connectivity index (χ2n) is 1.90. The van der Waals surface area contributed by atoms with E-state index < -0.39 is 5.82 Å². The van der Waals surface area contributed by atoms with Gasteiger partial charge in [-0.25, -0.2) is 4.39 Å². The number of nitriles is 1. The van der Waals surface area contributed by atoms with Gasteiger partial charge in [-0.1, -0.05) is 11.6 Å². The summed E-state index contributed by atoms with van der Waals surface area (Å²) in [5, 5.41) is 17.1. The van der Waals surface area contributed by atoms with Crippen molar-refractivity contribution < 1.29 is 9.50 Å². The topological polar surface area (TPSA) is 44.0 Å². The van der Waals surface area contributed by atoms with Gasteiger partial charge in [-0.3, -0.25) is 0 Å².